The molecule has 0 aliphatic carbocycles. The monoisotopic (exact) mass is 174 g/mol. The van der Waals surface area contributed by atoms with Crippen molar-refractivity contribution in [1.82, 2.24) is 0 Å². The summed E-state index contributed by atoms with van der Waals surface area (Å²) < 4.78 is 0. The van der Waals surface area contributed by atoms with Crippen LogP contribution in [0.15, 0.2) is 12.1 Å². The van der Waals surface area contributed by atoms with E-state index in [0.29, 0.717) is 10.8 Å². The van der Waals surface area contributed by atoms with Gasteiger partial charge in [0.15, 0.2) is 0 Å². The standard InChI is InChI=1S/C8H9ClO.H2O/c1-5-6(2)8(10)4-3-7(5)9;/h3-4,10H,1-2H3;1H2. The molecule has 11 heavy (non-hydrogen) atoms. The van der Waals surface area contributed by atoms with E-state index < -0.39 is 0 Å². The summed E-state index contributed by atoms with van der Waals surface area (Å²) >= 11 is 5.77. The average Bonchev–Trinajstić information content (AvgIpc) is 1.93. The predicted octanol–water partition coefficient (Wildman–Crippen LogP) is 1.84. The summed E-state index contributed by atoms with van der Waals surface area (Å²) in [6, 6.07) is 3.30. The molecule has 0 unspecified atom stereocenters. The van der Waals surface area contributed by atoms with Gasteiger partial charge in [0.25, 0.3) is 0 Å². The highest BCUT2D eigenvalue weighted by Crippen LogP contribution is 2.25. The first-order valence-corrected chi connectivity index (χ1v) is 3.45. The van der Waals surface area contributed by atoms with Crippen LogP contribution in [-0.4, -0.2) is 10.6 Å². The van der Waals surface area contributed by atoms with Crippen LogP contribution >= 0.6 is 11.6 Å². The third-order valence-electron chi connectivity index (χ3n) is 1.69. The largest absolute Gasteiger partial charge is 0.508 e. The number of phenols is 1. The SMILES string of the molecule is Cc1c(O)ccc(Cl)c1C.O. The van der Waals surface area contributed by atoms with E-state index in [4.69, 9.17) is 16.7 Å². The van der Waals surface area contributed by atoms with Gasteiger partial charge in [-0.3, -0.25) is 0 Å². The second kappa shape index (κ2) is 3.60. The lowest BCUT2D eigenvalue weighted by Crippen LogP contribution is -1.81. The highest BCUT2D eigenvalue weighted by atomic mass is 35.5. The van der Waals surface area contributed by atoms with Crippen molar-refractivity contribution in [3.05, 3.63) is 28.3 Å². The summed E-state index contributed by atoms with van der Waals surface area (Å²) in [5.41, 5.74) is 1.80. The van der Waals surface area contributed by atoms with Crippen molar-refractivity contribution >= 4 is 11.6 Å². The van der Waals surface area contributed by atoms with Crippen LogP contribution in [0.3, 0.4) is 0 Å². The van der Waals surface area contributed by atoms with E-state index in [-0.39, 0.29) is 5.48 Å². The van der Waals surface area contributed by atoms with Crippen LogP contribution in [0.25, 0.3) is 0 Å². The fraction of sp³-hybridized carbons (Fsp3) is 0.250. The van der Waals surface area contributed by atoms with E-state index in [2.05, 4.69) is 0 Å². The molecule has 0 saturated heterocycles. The second-order valence-corrected chi connectivity index (χ2v) is 2.72. The number of phenolic OH excluding ortho intramolecular Hbond substituents is 1. The molecule has 0 aliphatic rings. The number of benzene rings is 1. The minimum atomic E-state index is 0. The first-order chi connectivity index (χ1) is 4.63. The Morgan fingerprint density at radius 1 is 1.18 bits per heavy atom. The van der Waals surface area contributed by atoms with E-state index in [1.54, 1.807) is 12.1 Å². The molecule has 0 heterocycles. The molecule has 0 atom stereocenters. The van der Waals surface area contributed by atoms with Gasteiger partial charge in [-0.1, -0.05) is 11.6 Å². The molecule has 0 aromatic heterocycles. The smallest absolute Gasteiger partial charge is 0.118 e. The molecular formula is C8H11ClO2. The molecule has 1 aromatic rings. The maximum Gasteiger partial charge on any atom is 0.118 e. The zero-order chi connectivity index (χ0) is 7.72. The Hall–Kier alpha value is -0.730. The maximum absolute atomic E-state index is 9.17. The second-order valence-electron chi connectivity index (χ2n) is 2.32. The average molecular weight is 175 g/mol. The van der Waals surface area contributed by atoms with Crippen LogP contribution in [0, 0.1) is 13.8 Å². The third-order valence-corrected chi connectivity index (χ3v) is 2.10. The maximum atomic E-state index is 9.17. The molecule has 0 spiro atoms. The summed E-state index contributed by atoms with van der Waals surface area (Å²) in [5.74, 6) is 0.307. The lowest BCUT2D eigenvalue weighted by Gasteiger charge is -2.03. The fourth-order valence-electron chi connectivity index (χ4n) is 0.773. The molecule has 2 nitrogen and oxygen atoms in total. The quantitative estimate of drug-likeness (QED) is 0.641. The van der Waals surface area contributed by atoms with Crippen LogP contribution in [0.4, 0.5) is 0 Å². The highest BCUT2D eigenvalue weighted by molar-refractivity contribution is 6.31. The zero-order valence-corrected chi connectivity index (χ0v) is 7.24. The van der Waals surface area contributed by atoms with Crippen molar-refractivity contribution in [3.8, 4) is 5.75 Å². The van der Waals surface area contributed by atoms with Gasteiger partial charge in [-0.05, 0) is 37.1 Å². The van der Waals surface area contributed by atoms with Gasteiger partial charge in [0.05, 0.1) is 0 Å². The van der Waals surface area contributed by atoms with Crippen molar-refractivity contribution in [2.45, 2.75) is 13.8 Å². The fourth-order valence-corrected chi connectivity index (χ4v) is 0.978. The molecule has 0 amide bonds. The van der Waals surface area contributed by atoms with Gasteiger partial charge in [-0.2, -0.15) is 0 Å². The molecule has 3 N–H and O–H groups in total. The summed E-state index contributed by atoms with van der Waals surface area (Å²) in [6.45, 7) is 3.73. The third kappa shape index (κ3) is 1.85. The number of hydrogen-bond donors (Lipinski definition) is 1. The van der Waals surface area contributed by atoms with Gasteiger partial charge in [-0.15, -0.1) is 0 Å². The van der Waals surface area contributed by atoms with Gasteiger partial charge in [-0.25, -0.2) is 0 Å². The highest BCUT2D eigenvalue weighted by Gasteiger charge is 2.01. The summed E-state index contributed by atoms with van der Waals surface area (Å²) in [4.78, 5) is 0. The van der Waals surface area contributed by atoms with E-state index in [9.17, 15) is 0 Å². The van der Waals surface area contributed by atoms with Gasteiger partial charge in [0.1, 0.15) is 5.75 Å². The van der Waals surface area contributed by atoms with Crippen molar-refractivity contribution in [1.29, 1.82) is 0 Å². The summed E-state index contributed by atoms with van der Waals surface area (Å²) in [5, 5.41) is 9.87. The van der Waals surface area contributed by atoms with Gasteiger partial charge in [0, 0.05) is 5.02 Å². The Balaban J connectivity index is 0.000001000. The Morgan fingerprint density at radius 2 is 1.73 bits per heavy atom. The summed E-state index contributed by atoms with van der Waals surface area (Å²) in [7, 11) is 0. The summed E-state index contributed by atoms with van der Waals surface area (Å²) in [6.07, 6.45) is 0. The van der Waals surface area contributed by atoms with Crippen LogP contribution in [0.1, 0.15) is 11.1 Å². The minimum Gasteiger partial charge on any atom is -0.508 e. The number of aromatic hydroxyl groups is 1. The first-order valence-electron chi connectivity index (χ1n) is 3.07. The van der Waals surface area contributed by atoms with Crippen molar-refractivity contribution in [2.75, 3.05) is 0 Å². The first kappa shape index (κ1) is 10.3. The van der Waals surface area contributed by atoms with Gasteiger partial charge in [0.2, 0.25) is 0 Å². The lowest BCUT2D eigenvalue weighted by atomic mass is 10.1. The van der Waals surface area contributed by atoms with Crippen LogP contribution in [0.5, 0.6) is 5.75 Å². The minimum absolute atomic E-state index is 0. The van der Waals surface area contributed by atoms with E-state index >= 15 is 0 Å². The number of halogens is 1. The van der Waals surface area contributed by atoms with Crippen molar-refractivity contribution in [2.24, 2.45) is 0 Å². The zero-order valence-electron chi connectivity index (χ0n) is 6.48. The molecular weight excluding hydrogens is 164 g/mol. The van der Waals surface area contributed by atoms with Crippen LogP contribution in [0.2, 0.25) is 5.02 Å². The molecule has 0 saturated carbocycles. The molecule has 0 aliphatic heterocycles. The molecule has 0 bridgehead atoms. The molecule has 62 valence electrons. The van der Waals surface area contributed by atoms with E-state index in [1.807, 2.05) is 13.8 Å². The Kier molecular flexibility index (Phi) is 3.36. The van der Waals surface area contributed by atoms with Crippen LogP contribution in [-0.2, 0) is 0 Å². The Bertz CT molecular complexity index is 232. The number of hydrogen-bond acceptors (Lipinski definition) is 1. The van der Waals surface area contributed by atoms with Crippen molar-refractivity contribution < 1.29 is 10.6 Å². The molecule has 1 aromatic carbocycles. The Morgan fingerprint density at radius 3 is 2.18 bits per heavy atom. The molecule has 0 radical (unpaired) electrons. The molecule has 0 fully saturated rings. The predicted molar refractivity (Wildman–Crippen MR) is 46.2 cm³/mol. The normalized spacial score (nSPS) is 9.00. The topological polar surface area (TPSA) is 51.7 Å². The van der Waals surface area contributed by atoms with Gasteiger partial charge < -0.3 is 10.6 Å². The lowest BCUT2D eigenvalue weighted by molar-refractivity contribution is 0.470. The molecule has 3 heteroatoms. The molecule has 1 rings (SSSR count). The number of rotatable bonds is 0. The van der Waals surface area contributed by atoms with E-state index in [0.717, 1.165) is 11.1 Å². The van der Waals surface area contributed by atoms with E-state index in [1.165, 1.54) is 0 Å². The van der Waals surface area contributed by atoms with Crippen molar-refractivity contribution in [3.63, 3.8) is 0 Å². The Labute approximate surface area is 70.7 Å². The van der Waals surface area contributed by atoms with Gasteiger partial charge >= 0.3 is 0 Å². The van der Waals surface area contributed by atoms with Crippen LogP contribution < -0.4 is 0 Å².